The summed E-state index contributed by atoms with van der Waals surface area (Å²) in [4.78, 5) is 14.4. The van der Waals surface area contributed by atoms with Crippen LogP contribution in [-0.4, -0.2) is 38.8 Å². The molecule has 0 aromatic heterocycles. The van der Waals surface area contributed by atoms with Gasteiger partial charge in [-0.05, 0) is 56.2 Å². The number of aryl methyl sites for hydroxylation is 2. The second-order valence-corrected chi connectivity index (χ2v) is 6.92. The predicted octanol–water partition coefficient (Wildman–Crippen LogP) is 3.94. The van der Waals surface area contributed by atoms with Crippen molar-refractivity contribution in [1.82, 2.24) is 0 Å². The molecular formula is C22H28N2O3. The molecule has 144 valence electrons. The first-order chi connectivity index (χ1) is 13.1. The van der Waals surface area contributed by atoms with E-state index in [4.69, 9.17) is 9.47 Å². The molecule has 5 heteroatoms. The highest BCUT2D eigenvalue weighted by atomic mass is 16.5. The monoisotopic (exact) mass is 368 g/mol. The predicted molar refractivity (Wildman–Crippen MR) is 109 cm³/mol. The Morgan fingerprint density at radius 1 is 1.11 bits per heavy atom. The van der Waals surface area contributed by atoms with Gasteiger partial charge >= 0.3 is 0 Å². The molecule has 0 atom stereocenters. The van der Waals surface area contributed by atoms with Crippen molar-refractivity contribution in [2.45, 2.75) is 26.7 Å². The summed E-state index contributed by atoms with van der Waals surface area (Å²) in [6, 6.07) is 14.1. The summed E-state index contributed by atoms with van der Waals surface area (Å²) < 4.78 is 11.2. The lowest BCUT2D eigenvalue weighted by atomic mass is 10.1. The van der Waals surface area contributed by atoms with Crippen LogP contribution in [0.3, 0.4) is 0 Å². The lowest BCUT2D eigenvalue weighted by Crippen LogP contribution is -2.36. The van der Waals surface area contributed by atoms with Crippen molar-refractivity contribution in [3.8, 4) is 5.75 Å². The summed E-state index contributed by atoms with van der Waals surface area (Å²) in [6.45, 7) is 7.99. The second-order valence-electron chi connectivity index (χ2n) is 6.92. The van der Waals surface area contributed by atoms with E-state index in [0.717, 1.165) is 49.0 Å². The van der Waals surface area contributed by atoms with Gasteiger partial charge in [0.1, 0.15) is 5.75 Å². The zero-order valence-corrected chi connectivity index (χ0v) is 16.2. The number of nitrogens with zero attached hydrogens (tertiary/aromatic N) is 1. The molecule has 0 unspecified atom stereocenters. The number of carbonyl (C=O) groups is 1. The third-order valence-corrected chi connectivity index (χ3v) is 4.66. The number of nitrogens with one attached hydrogen (secondary N) is 1. The Balaban J connectivity index is 1.40. The first-order valence-electron chi connectivity index (χ1n) is 9.54. The summed E-state index contributed by atoms with van der Waals surface area (Å²) in [6.07, 6.45) is 1.13. The molecule has 1 fully saturated rings. The number of rotatable bonds is 7. The van der Waals surface area contributed by atoms with Gasteiger partial charge in [0.05, 0.1) is 19.8 Å². The quantitative estimate of drug-likeness (QED) is 0.752. The van der Waals surface area contributed by atoms with Crippen LogP contribution >= 0.6 is 0 Å². The van der Waals surface area contributed by atoms with Crippen LogP contribution in [0.1, 0.15) is 24.0 Å². The Morgan fingerprint density at radius 2 is 1.85 bits per heavy atom. The summed E-state index contributed by atoms with van der Waals surface area (Å²) in [5.41, 5.74) is 4.34. The minimum Gasteiger partial charge on any atom is -0.493 e. The van der Waals surface area contributed by atoms with Gasteiger partial charge in [0, 0.05) is 30.9 Å². The van der Waals surface area contributed by atoms with Crippen LogP contribution in [-0.2, 0) is 9.53 Å². The number of hydrogen-bond acceptors (Lipinski definition) is 4. The van der Waals surface area contributed by atoms with Gasteiger partial charge < -0.3 is 19.7 Å². The molecule has 1 aliphatic heterocycles. The normalized spacial score (nSPS) is 14.1. The molecule has 0 radical (unpaired) electrons. The van der Waals surface area contributed by atoms with Crippen molar-refractivity contribution in [2.75, 3.05) is 43.1 Å². The first-order valence-corrected chi connectivity index (χ1v) is 9.54. The zero-order chi connectivity index (χ0) is 19.1. The van der Waals surface area contributed by atoms with Crippen molar-refractivity contribution in [1.29, 1.82) is 0 Å². The molecule has 27 heavy (non-hydrogen) atoms. The van der Waals surface area contributed by atoms with Crippen LogP contribution in [0.4, 0.5) is 11.4 Å². The number of hydrogen-bond donors (Lipinski definition) is 1. The molecule has 1 aliphatic rings. The van der Waals surface area contributed by atoms with E-state index in [1.165, 1.54) is 5.56 Å². The van der Waals surface area contributed by atoms with Gasteiger partial charge in [-0.15, -0.1) is 0 Å². The maximum atomic E-state index is 12.1. The summed E-state index contributed by atoms with van der Waals surface area (Å²) in [5, 5.41) is 2.95. The van der Waals surface area contributed by atoms with E-state index < -0.39 is 0 Å². The van der Waals surface area contributed by atoms with Gasteiger partial charge in [0.2, 0.25) is 5.91 Å². The van der Waals surface area contributed by atoms with Gasteiger partial charge in [0.15, 0.2) is 0 Å². The second kappa shape index (κ2) is 9.42. The molecule has 1 saturated heterocycles. The van der Waals surface area contributed by atoms with Gasteiger partial charge in [-0.2, -0.15) is 0 Å². The van der Waals surface area contributed by atoms with Crippen LogP contribution in [0.5, 0.6) is 5.75 Å². The number of anilines is 2. The van der Waals surface area contributed by atoms with Crippen molar-refractivity contribution in [2.24, 2.45) is 0 Å². The SMILES string of the molecule is Cc1ccc(OCCCC(=O)Nc2ccc(N3CCOCC3)cc2)c(C)c1. The van der Waals surface area contributed by atoms with Gasteiger partial charge in [-0.3, -0.25) is 4.79 Å². The molecule has 0 spiro atoms. The fraction of sp³-hybridized carbons (Fsp3) is 0.409. The largest absolute Gasteiger partial charge is 0.493 e. The van der Waals surface area contributed by atoms with Gasteiger partial charge in [0.25, 0.3) is 0 Å². The van der Waals surface area contributed by atoms with Crippen molar-refractivity contribution >= 4 is 17.3 Å². The Bertz CT molecular complexity index is 753. The molecule has 0 bridgehead atoms. The van der Waals surface area contributed by atoms with Crippen LogP contribution in [0, 0.1) is 13.8 Å². The number of morpholine rings is 1. The average Bonchev–Trinajstić information content (AvgIpc) is 2.68. The van der Waals surface area contributed by atoms with E-state index in [9.17, 15) is 4.79 Å². The summed E-state index contributed by atoms with van der Waals surface area (Å²) in [7, 11) is 0. The topological polar surface area (TPSA) is 50.8 Å². The standard InChI is InChI=1S/C22H28N2O3/c1-17-5-10-21(18(2)16-17)27-13-3-4-22(25)23-19-6-8-20(9-7-19)24-11-14-26-15-12-24/h5-10,16H,3-4,11-15H2,1-2H3,(H,23,25). The van der Waals surface area contributed by atoms with Crippen molar-refractivity contribution < 1.29 is 14.3 Å². The fourth-order valence-corrected chi connectivity index (χ4v) is 3.18. The third-order valence-electron chi connectivity index (χ3n) is 4.66. The molecule has 1 amide bonds. The van der Waals surface area contributed by atoms with Crippen LogP contribution in [0.15, 0.2) is 42.5 Å². The number of amides is 1. The zero-order valence-electron chi connectivity index (χ0n) is 16.2. The molecule has 1 N–H and O–H groups in total. The smallest absolute Gasteiger partial charge is 0.224 e. The van der Waals surface area contributed by atoms with E-state index in [-0.39, 0.29) is 5.91 Å². The Morgan fingerprint density at radius 3 is 2.56 bits per heavy atom. The third kappa shape index (κ3) is 5.73. The highest BCUT2D eigenvalue weighted by molar-refractivity contribution is 5.90. The first kappa shape index (κ1) is 19.2. The molecule has 1 heterocycles. The molecule has 3 rings (SSSR count). The van der Waals surface area contributed by atoms with Crippen LogP contribution in [0.25, 0.3) is 0 Å². The number of ether oxygens (including phenoxy) is 2. The maximum absolute atomic E-state index is 12.1. The average molecular weight is 368 g/mol. The molecule has 0 saturated carbocycles. The maximum Gasteiger partial charge on any atom is 0.224 e. The lowest BCUT2D eigenvalue weighted by Gasteiger charge is -2.28. The fourth-order valence-electron chi connectivity index (χ4n) is 3.18. The summed E-state index contributed by atoms with van der Waals surface area (Å²) in [5.74, 6) is 0.901. The minimum atomic E-state index is 0.0124. The van der Waals surface area contributed by atoms with Gasteiger partial charge in [-0.1, -0.05) is 17.7 Å². The van der Waals surface area contributed by atoms with E-state index >= 15 is 0 Å². The molecule has 2 aromatic carbocycles. The highest BCUT2D eigenvalue weighted by Crippen LogP contribution is 2.20. The molecule has 2 aromatic rings. The summed E-state index contributed by atoms with van der Waals surface area (Å²) >= 11 is 0. The molecule has 5 nitrogen and oxygen atoms in total. The van der Waals surface area contributed by atoms with E-state index in [0.29, 0.717) is 19.4 Å². The Kier molecular flexibility index (Phi) is 6.71. The van der Waals surface area contributed by atoms with Crippen LogP contribution in [0.2, 0.25) is 0 Å². The van der Waals surface area contributed by atoms with Crippen molar-refractivity contribution in [3.63, 3.8) is 0 Å². The lowest BCUT2D eigenvalue weighted by molar-refractivity contribution is -0.116. The number of carbonyl (C=O) groups excluding carboxylic acids is 1. The van der Waals surface area contributed by atoms with E-state index in [2.05, 4.69) is 23.2 Å². The molecular weight excluding hydrogens is 340 g/mol. The van der Waals surface area contributed by atoms with Crippen molar-refractivity contribution in [3.05, 3.63) is 53.6 Å². The van der Waals surface area contributed by atoms with Gasteiger partial charge in [-0.25, -0.2) is 0 Å². The molecule has 0 aliphatic carbocycles. The van der Waals surface area contributed by atoms with Crippen LogP contribution < -0.4 is 15.0 Å². The number of benzene rings is 2. The minimum absolute atomic E-state index is 0.0124. The van der Waals surface area contributed by atoms with E-state index in [1.54, 1.807) is 0 Å². The Labute approximate surface area is 161 Å². The Hall–Kier alpha value is -2.53. The highest BCUT2D eigenvalue weighted by Gasteiger charge is 2.11. The van der Waals surface area contributed by atoms with E-state index in [1.807, 2.05) is 43.3 Å².